The van der Waals surface area contributed by atoms with Gasteiger partial charge in [-0.3, -0.25) is 0 Å². The Morgan fingerprint density at radius 3 is 1.27 bits per heavy atom. The molecule has 14 rings (SSSR count). The Kier molecular flexibility index (Phi) is 8.02. The molecule has 0 saturated carbocycles. The molecule has 0 aliphatic carbocycles. The third kappa shape index (κ3) is 5.42. The van der Waals surface area contributed by atoms with Crippen molar-refractivity contribution in [1.29, 1.82) is 0 Å². The molecular formula is C64H40N2. The summed E-state index contributed by atoms with van der Waals surface area (Å²) in [6.45, 7) is 0. The maximum Gasteiger partial charge on any atom is 0.0625 e. The van der Waals surface area contributed by atoms with Gasteiger partial charge in [-0.25, -0.2) is 0 Å². The maximum absolute atomic E-state index is 2.51. The Hall–Kier alpha value is -8.72. The highest BCUT2D eigenvalue weighted by Gasteiger charge is 2.23. The molecule has 1 heterocycles. The van der Waals surface area contributed by atoms with Crippen LogP contribution in [0.15, 0.2) is 243 Å². The van der Waals surface area contributed by atoms with E-state index in [-0.39, 0.29) is 0 Å². The molecule has 13 aromatic carbocycles. The standard InChI is InChI=1S/C64H40N2/c1-3-18-43(19-4-1)65(45-32-35-57-53-28-12-10-24-49(53)51-26-14-16-30-55(51)61(57)39-45)46-33-36-58-62(40-46)66(44-20-5-2-6-21-44)64-47-22-8-7-17-41(47)37-59(63(58)64)42-31-34-56-52-27-11-9-23-48(52)50-25-13-15-29-54(50)60(56)38-42/h1-40H. The Bertz CT molecular complexity index is 4210. The second-order valence-electron chi connectivity index (χ2n) is 17.6. The molecule has 0 aliphatic heterocycles. The van der Waals surface area contributed by atoms with Gasteiger partial charge in [0.1, 0.15) is 0 Å². The highest BCUT2D eigenvalue weighted by Crippen LogP contribution is 2.47. The summed E-state index contributed by atoms with van der Waals surface area (Å²) >= 11 is 0. The Morgan fingerprint density at radius 2 is 0.697 bits per heavy atom. The van der Waals surface area contributed by atoms with E-state index in [2.05, 4.69) is 252 Å². The molecule has 0 fully saturated rings. The fraction of sp³-hybridized carbons (Fsp3) is 0. The summed E-state index contributed by atoms with van der Waals surface area (Å²) in [5.41, 5.74) is 9.22. The number of rotatable bonds is 5. The topological polar surface area (TPSA) is 8.17 Å². The van der Waals surface area contributed by atoms with Crippen LogP contribution in [0.5, 0.6) is 0 Å². The van der Waals surface area contributed by atoms with Crippen LogP contribution in [0.3, 0.4) is 0 Å². The zero-order chi connectivity index (χ0) is 43.3. The first-order chi connectivity index (χ1) is 32.8. The highest BCUT2D eigenvalue weighted by atomic mass is 15.1. The highest BCUT2D eigenvalue weighted by molar-refractivity contribution is 6.29. The van der Waals surface area contributed by atoms with E-state index in [0.717, 1.165) is 28.3 Å². The first-order valence-corrected chi connectivity index (χ1v) is 22.8. The zero-order valence-electron chi connectivity index (χ0n) is 36.0. The average molecular weight is 837 g/mol. The van der Waals surface area contributed by atoms with Crippen molar-refractivity contribution in [2.45, 2.75) is 0 Å². The minimum absolute atomic E-state index is 1.09. The normalized spacial score (nSPS) is 11.9. The molecule has 0 unspecified atom stereocenters. The summed E-state index contributed by atoms with van der Waals surface area (Å²) in [5.74, 6) is 0. The van der Waals surface area contributed by atoms with Crippen molar-refractivity contribution in [2.24, 2.45) is 0 Å². The second kappa shape index (κ2) is 14.4. The van der Waals surface area contributed by atoms with Crippen LogP contribution < -0.4 is 4.90 Å². The van der Waals surface area contributed by atoms with Crippen LogP contribution in [0.1, 0.15) is 0 Å². The first kappa shape index (κ1) is 36.7. The SMILES string of the molecule is c1ccc(N(c2ccc3c4ccccc4c4ccccc4c3c2)c2ccc3c4c(-c5ccc6c7ccccc7c7ccccc7c6c5)cc5ccccc5c4n(-c4ccccc4)c3c2)cc1. The lowest BCUT2D eigenvalue weighted by atomic mass is 9.90. The predicted molar refractivity (Wildman–Crippen MR) is 283 cm³/mol. The van der Waals surface area contributed by atoms with Gasteiger partial charge in [-0.2, -0.15) is 0 Å². The van der Waals surface area contributed by atoms with Crippen LogP contribution in [0.25, 0.3) is 114 Å². The number of anilines is 3. The molecule has 0 bridgehead atoms. The van der Waals surface area contributed by atoms with E-state index in [4.69, 9.17) is 0 Å². The van der Waals surface area contributed by atoms with Crippen LogP contribution in [-0.2, 0) is 0 Å². The molecule has 0 N–H and O–H groups in total. The summed E-state index contributed by atoms with van der Waals surface area (Å²) in [5, 5.41) is 20.2. The van der Waals surface area contributed by atoms with Gasteiger partial charge in [0.25, 0.3) is 0 Å². The van der Waals surface area contributed by atoms with Gasteiger partial charge in [0.2, 0.25) is 0 Å². The molecule has 1 aromatic heterocycles. The fourth-order valence-electron chi connectivity index (χ4n) is 11.2. The monoisotopic (exact) mass is 836 g/mol. The molecule has 306 valence electrons. The average Bonchev–Trinajstić information content (AvgIpc) is 3.74. The predicted octanol–water partition coefficient (Wildman–Crippen LogP) is 18.0. The lowest BCUT2D eigenvalue weighted by Gasteiger charge is -2.26. The van der Waals surface area contributed by atoms with Gasteiger partial charge >= 0.3 is 0 Å². The van der Waals surface area contributed by atoms with E-state index < -0.39 is 0 Å². The van der Waals surface area contributed by atoms with Crippen molar-refractivity contribution in [3.8, 4) is 16.8 Å². The molecule has 0 radical (unpaired) electrons. The molecule has 2 heteroatoms. The number of hydrogen-bond donors (Lipinski definition) is 0. The fourth-order valence-corrected chi connectivity index (χ4v) is 11.2. The van der Waals surface area contributed by atoms with E-state index in [1.807, 2.05) is 0 Å². The number of para-hydroxylation sites is 2. The van der Waals surface area contributed by atoms with Crippen molar-refractivity contribution in [2.75, 3.05) is 4.90 Å². The molecule has 14 aromatic rings. The first-order valence-electron chi connectivity index (χ1n) is 22.8. The summed E-state index contributed by atoms with van der Waals surface area (Å²) in [4.78, 5) is 2.42. The number of hydrogen-bond acceptors (Lipinski definition) is 1. The van der Waals surface area contributed by atoms with Crippen molar-refractivity contribution in [3.05, 3.63) is 243 Å². The zero-order valence-corrected chi connectivity index (χ0v) is 36.0. The van der Waals surface area contributed by atoms with Crippen LogP contribution >= 0.6 is 0 Å². The molecule has 0 atom stereocenters. The van der Waals surface area contributed by atoms with Crippen molar-refractivity contribution in [1.82, 2.24) is 4.57 Å². The van der Waals surface area contributed by atoms with Gasteiger partial charge in [0.15, 0.2) is 0 Å². The molecule has 0 saturated heterocycles. The van der Waals surface area contributed by atoms with E-state index in [1.54, 1.807) is 0 Å². The van der Waals surface area contributed by atoms with Gasteiger partial charge in [-0.15, -0.1) is 0 Å². The van der Waals surface area contributed by atoms with Gasteiger partial charge in [-0.1, -0.05) is 182 Å². The summed E-state index contributed by atoms with van der Waals surface area (Å²) in [6.07, 6.45) is 0. The minimum atomic E-state index is 1.09. The Balaban J connectivity index is 1.06. The largest absolute Gasteiger partial charge is 0.310 e. The van der Waals surface area contributed by atoms with Crippen molar-refractivity contribution in [3.63, 3.8) is 0 Å². The molecular weight excluding hydrogens is 797 g/mol. The van der Waals surface area contributed by atoms with E-state index in [0.29, 0.717) is 0 Å². The van der Waals surface area contributed by atoms with Gasteiger partial charge in [0, 0.05) is 38.9 Å². The Labute approximate surface area is 381 Å². The quantitative estimate of drug-likeness (QED) is 0.157. The van der Waals surface area contributed by atoms with Crippen LogP contribution in [0, 0.1) is 0 Å². The lowest BCUT2D eigenvalue weighted by molar-refractivity contribution is 1.18. The lowest BCUT2D eigenvalue weighted by Crippen LogP contribution is -2.10. The minimum Gasteiger partial charge on any atom is -0.310 e. The van der Waals surface area contributed by atoms with Crippen molar-refractivity contribution < 1.29 is 0 Å². The van der Waals surface area contributed by atoms with E-state index in [9.17, 15) is 0 Å². The third-order valence-corrected chi connectivity index (χ3v) is 14.1. The second-order valence-corrected chi connectivity index (χ2v) is 17.6. The Morgan fingerprint density at radius 1 is 0.273 bits per heavy atom. The van der Waals surface area contributed by atoms with Crippen LogP contribution in [0.4, 0.5) is 17.1 Å². The number of aromatic nitrogens is 1. The van der Waals surface area contributed by atoms with Crippen LogP contribution in [-0.4, -0.2) is 4.57 Å². The summed E-state index contributed by atoms with van der Waals surface area (Å²) < 4.78 is 2.51. The molecule has 66 heavy (non-hydrogen) atoms. The smallest absolute Gasteiger partial charge is 0.0625 e. The number of nitrogens with zero attached hydrogens (tertiary/aromatic N) is 2. The van der Waals surface area contributed by atoms with Gasteiger partial charge in [0.05, 0.1) is 11.0 Å². The van der Waals surface area contributed by atoms with E-state index in [1.165, 1.54) is 103 Å². The maximum atomic E-state index is 2.51. The molecule has 0 amide bonds. The van der Waals surface area contributed by atoms with E-state index >= 15 is 0 Å². The van der Waals surface area contributed by atoms with Crippen molar-refractivity contribution >= 4 is 114 Å². The summed E-state index contributed by atoms with van der Waals surface area (Å²) in [7, 11) is 0. The third-order valence-electron chi connectivity index (χ3n) is 14.1. The van der Waals surface area contributed by atoms with Gasteiger partial charge in [-0.05, 0) is 142 Å². The number of benzene rings is 13. The molecule has 0 aliphatic rings. The van der Waals surface area contributed by atoms with Crippen LogP contribution in [0.2, 0.25) is 0 Å². The van der Waals surface area contributed by atoms with Gasteiger partial charge < -0.3 is 9.47 Å². The molecule has 0 spiro atoms. The summed E-state index contributed by atoms with van der Waals surface area (Å²) in [6, 6.07) is 89.7. The number of fused-ring (bicyclic) bond motifs is 17. The molecule has 2 nitrogen and oxygen atoms in total.